The van der Waals surface area contributed by atoms with Crippen molar-refractivity contribution < 1.29 is 23.0 Å². The second-order valence-corrected chi connectivity index (χ2v) is 3.29. The Morgan fingerprint density at radius 3 is 2.69 bits per heavy atom. The molecule has 16 heavy (non-hydrogen) atoms. The lowest BCUT2D eigenvalue weighted by molar-refractivity contribution is -0.139. The van der Waals surface area contributed by atoms with Gasteiger partial charge in [0.25, 0.3) is 0 Å². The van der Waals surface area contributed by atoms with E-state index in [0.29, 0.717) is 5.56 Å². The van der Waals surface area contributed by atoms with Crippen LogP contribution in [0.5, 0.6) is 5.75 Å². The molecule has 1 aromatic rings. The van der Waals surface area contributed by atoms with Crippen LogP contribution >= 0.6 is 11.6 Å². The van der Waals surface area contributed by atoms with Crippen LogP contribution in [0.2, 0.25) is 5.02 Å². The van der Waals surface area contributed by atoms with E-state index in [4.69, 9.17) is 11.6 Å². The summed E-state index contributed by atoms with van der Waals surface area (Å²) < 4.78 is 32.4. The van der Waals surface area contributed by atoms with Gasteiger partial charge < -0.3 is 9.47 Å². The summed E-state index contributed by atoms with van der Waals surface area (Å²) in [5, 5.41) is 0.184. The molecule has 0 atom stereocenters. The monoisotopic (exact) mass is 250 g/mol. The van der Waals surface area contributed by atoms with Gasteiger partial charge in [-0.25, -0.2) is 0 Å². The van der Waals surface area contributed by atoms with E-state index in [1.165, 1.54) is 25.3 Å². The fourth-order valence-corrected chi connectivity index (χ4v) is 1.31. The number of halogens is 3. The van der Waals surface area contributed by atoms with Crippen LogP contribution in [0.25, 0.3) is 0 Å². The van der Waals surface area contributed by atoms with Gasteiger partial charge in [0, 0.05) is 5.02 Å². The van der Waals surface area contributed by atoms with Gasteiger partial charge in [-0.3, -0.25) is 4.79 Å². The van der Waals surface area contributed by atoms with Crippen molar-refractivity contribution in [2.75, 3.05) is 7.11 Å². The second-order valence-electron chi connectivity index (χ2n) is 2.88. The van der Waals surface area contributed by atoms with Crippen LogP contribution in [0.4, 0.5) is 8.78 Å². The van der Waals surface area contributed by atoms with Crippen molar-refractivity contribution in [1.82, 2.24) is 0 Å². The Morgan fingerprint density at radius 2 is 2.19 bits per heavy atom. The van der Waals surface area contributed by atoms with Crippen LogP contribution in [0.1, 0.15) is 5.56 Å². The third-order valence-electron chi connectivity index (χ3n) is 1.81. The van der Waals surface area contributed by atoms with Gasteiger partial charge in [-0.2, -0.15) is 8.78 Å². The number of hydrogen-bond donors (Lipinski definition) is 0. The van der Waals surface area contributed by atoms with E-state index in [2.05, 4.69) is 9.47 Å². The van der Waals surface area contributed by atoms with Crippen LogP contribution in [-0.4, -0.2) is 19.7 Å². The molecule has 0 unspecified atom stereocenters. The quantitative estimate of drug-likeness (QED) is 0.771. The van der Waals surface area contributed by atoms with E-state index in [9.17, 15) is 13.6 Å². The molecule has 0 spiro atoms. The van der Waals surface area contributed by atoms with Gasteiger partial charge >= 0.3 is 12.6 Å². The van der Waals surface area contributed by atoms with Crippen LogP contribution in [0.3, 0.4) is 0 Å². The lowest BCUT2D eigenvalue weighted by Gasteiger charge is -2.07. The minimum absolute atomic E-state index is 0.00963. The number of ether oxygens (including phenoxy) is 2. The minimum Gasteiger partial charge on any atom is -0.469 e. The van der Waals surface area contributed by atoms with Gasteiger partial charge in [-0.05, 0) is 17.7 Å². The number of methoxy groups -OCH3 is 1. The predicted octanol–water partition coefficient (Wildman–Crippen LogP) is 2.66. The largest absolute Gasteiger partial charge is 0.469 e. The number of benzene rings is 1. The summed E-state index contributed by atoms with van der Waals surface area (Å²) in [6.07, 6.45) is -0.00963. The zero-order valence-electron chi connectivity index (χ0n) is 8.38. The normalized spacial score (nSPS) is 10.3. The Kier molecular flexibility index (Phi) is 4.49. The van der Waals surface area contributed by atoms with E-state index in [0.717, 1.165) is 0 Å². The topological polar surface area (TPSA) is 35.5 Å². The van der Waals surface area contributed by atoms with Crippen molar-refractivity contribution in [1.29, 1.82) is 0 Å². The Hall–Kier alpha value is -1.36. The molecule has 0 saturated carbocycles. The summed E-state index contributed by atoms with van der Waals surface area (Å²) in [6, 6.07) is 3.99. The van der Waals surface area contributed by atoms with E-state index >= 15 is 0 Å². The first kappa shape index (κ1) is 12.7. The molecule has 0 aliphatic carbocycles. The number of carbonyl (C=O) groups is 1. The van der Waals surface area contributed by atoms with Crippen molar-refractivity contribution in [2.45, 2.75) is 13.0 Å². The van der Waals surface area contributed by atoms with Crippen molar-refractivity contribution in [3.8, 4) is 5.75 Å². The van der Waals surface area contributed by atoms with Crippen molar-refractivity contribution in [3.05, 3.63) is 28.8 Å². The van der Waals surface area contributed by atoms with Crippen molar-refractivity contribution >= 4 is 17.6 Å². The molecule has 0 amide bonds. The third-order valence-corrected chi connectivity index (χ3v) is 2.16. The van der Waals surface area contributed by atoms with E-state index in [1.54, 1.807) is 0 Å². The third kappa shape index (κ3) is 3.66. The summed E-state index contributed by atoms with van der Waals surface area (Å²) in [5.74, 6) is -0.502. The maximum Gasteiger partial charge on any atom is 0.387 e. The fraction of sp³-hybridized carbons (Fsp3) is 0.300. The Bertz CT molecular complexity index is 382. The molecule has 3 nitrogen and oxygen atoms in total. The molecule has 0 aliphatic heterocycles. The highest BCUT2D eigenvalue weighted by Gasteiger charge is 2.10. The van der Waals surface area contributed by atoms with Crippen LogP contribution < -0.4 is 4.74 Å². The first-order valence-corrected chi connectivity index (χ1v) is 4.70. The molecule has 0 bridgehead atoms. The van der Waals surface area contributed by atoms with Gasteiger partial charge in [0.2, 0.25) is 0 Å². The number of alkyl halides is 2. The van der Waals surface area contributed by atoms with Gasteiger partial charge in [0.1, 0.15) is 5.75 Å². The molecule has 1 rings (SSSR count). The second kappa shape index (κ2) is 5.65. The van der Waals surface area contributed by atoms with Gasteiger partial charge in [0.15, 0.2) is 0 Å². The van der Waals surface area contributed by atoms with Crippen LogP contribution in [-0.2, 0) is 16.0 Å². The Morgan fingerprint density at radius 1 is 1.50 bits per heavy atom. The van der Waals surface area contributed by atoms with Gasteiger partial charge in [-0.1, -0.05) is 17.7 Å². The van der Waals surface area contributed by atoms with Gasteiger partial charge in [0.05, 0.1) is 13.5 Å². The molecule has 0 radical (unpaired) electrons. The standard InChI is InChI=1S/C10H9ClF2O3/c1-15-9(14)4-6-2-3-7(5-8(6)11)16-10(12)13/h2-3,5,10H,4H2,1H3. The molecular formula is C10H9ClF2O3. The molecule has 6 heteroatoms. The highest BCUT2D eigenvalue weighted by molar-refractivity contribution is 6.31. The van der Waals surface area contributed by atoms with Crippen LogP contribution in [0, 0.1) is 0 Å². The maximum atomic E-state index is 11.9. The summed E-state index contributed by atoms with van der Waals surface area (Å²) in [4.78, 5) is 11.0. The van der Waals surface area contributed by atoms with E-state index in [1.807, 2.05) is 0 Å². The lowest BCUT2D eigenvalue weighted by atomic mass is 10.1. The molecule has 0 saturated heterocycles. The fourth-order valence-electron chi connectivity index (χ4n) is 1.08. The summed E-state index contributed by atoms with van der Waals surface area (Å²) in [7, 11) is 1.25. The molecule has 1 aromatic carbocycles. The number of hydrogen-bond acceptors (Lipinski definition) is 3. The zero-order valence-corrected chi connectivity index (χ0v) is 9.13. The summed E-state index contributed by atoms with van der Waals surface area (Å²) in [6.45, 7) is -2.90. The first-order valence-electron chi connectivity index (χ1n) is 4.33. The molecular weight excluding hydrogens is 242 g/mol. The molecule has 88 valence electrons. The van der Waals surface area contributed by atoms with E-state index < -0.39 is 12.6 Å². The number of carbonyl (C=O) groups excluding carboxylic acids is 1. The van der Waals surface area contributed by atoms with Crippen molar-refractivity contribution in [2.24, 2.45) is 0 Å². The molecule has 0 heterocycles. The number of rotatable bonds is 4. The highest BCUT2D eigenvalue weighted by Crippen LogP contribution is 2.24. The molecule has 0 fully saturated rings. The maximum absolute atomic E-state index is 11.9. The lowest BCUT2D eigenvalue weighted by Crippen LogP contribution is -2.06. The average molecular weight is 251 g/mol. The number of esters is 1. The Labute approximate surface area is 95.9 Å². The molecule has 0 aliphatic rings. The molecule has 0 N–H and O–H groups in total. The zero-order chi connectivity index (χ0) is 12.1. The van der Waals surface area contributed by atoms with Crippen LogP contribution in [0.15, 0.2) is 18.2 Å². The predicted molar refractivity (Wildman–Crippen MR) is 53.8 cm³/mol. The highest BCUT2D eigenvalue weighted by atomic mass is 35.5. The summed E-state index contributed by atoms with van der Waals surface area (Å²) >= 11 is 5.78. The molecule has 0 aromatic heterocycles. The minimum atomic E-state index is -2.90. The van der Waals surface area contributed by atoms with Crippen molar-refractivity contribution in [3.63, 3.8) is 0 Å². The Balaban J connectivity index is 2.79. The van der Waals surface area contributed by atoms with E-state index in [-0.39, 0.29) is 17.2 Å². The first-order chi connectivity index (χ1) is 7.52. The average Bonchev–Trinajstić information content (AvgIpc) is 2.21. The summed E-state index contributed by atoms with van der Waals surface area (Å²) in [5.41, 5.74) is 0.495. The van der Waals surface area contributed by atoms with Gasteiger partial charge in [-0.15, -0.1) is 0 Å². The smallest absolute Gasteiger partial charge is 0.387 e. The SMILES string of the molecule is COC(=O)Cc1ccc(OC(F)F)cc1Cl.